The van der Waals surface area contributed by atoms with E-state index in [0.717, 1.165) is 20.7 Å². The molecule has 1 amide bonds. The van der Waals surface area contributed by atoms with Crippen LogP contribution < -0.4 is 5.32 Å². The average molecular weight is 438 g/mol. The number of nitrogens with zero attached hydrogens (tertiary/aromatic N) is 4. The number of nitrogens with one attached hydrogen (secondary N) is 1. The number of carboxylic acids is 1. The van der Waals surface area contributed by atoms with Gasteiger partial charge in [-0.15, -0.1) is 11.3 Å². The van der Waals surface area contributed by atoms with Crippen molar-refractivity contribution in [1.29, 1.82) is 0 Å². The number of carboxylic acid groups (broad SMARTS) is 1. The minimum Gasteiger partial charge on any atom is -0.479 e. The van der Waals surface area contributed by atoms with Gasteiger partial charge in [-0.2, -0.15) is 0 Å². The van der Waals surface area contributed by atoms with E-state index >= 15 is 0 Å². The second-order valence-corrected chi connectivity index (χ2v) is 8.68. The van der Waals surface area contributed by atoms with Gasteiger partial charge in [-0.25, -0.2) is 14.8 Å². The number of fused-ring (bicyclic) bond motifs is 3. The smallest absolute Gasteiger partial charge is 0.330 e. The summed E-state index contributed by atoms with van der Waals surface area (Å²) in [6.45, 7) is 1.66. The minimum absolute atomic E-state index is 0.0440. The monoisotopic (exact) mass is 437 g/mol. The number of aliphatic carboxylic acids is 1. The van der Waals surface area contributed by atoms with E-state index in [1.807, 2.05) is 31.1 Å². The molecule has 0 spiro atoms. The summed E-state index contributed by atoms with van der Waals surface area (Å²) in [6.07, 6.45) is 4.89. The fraction of sp³-hybridized carbons (Fsp3) is 0.273. The molecule has 9 heteroatoms. The standard InChI is InChI=1S/C22H23N5O3S/c1-26(2)10-6-9-17(28)27-11-15-16(12-27)31-21-18(15)20(23-13-24-21)25-19(22(29)30)14-7-4-3-5-8-14/h3-9,13,19H,10-12H2,1-2H3,(H,29,30)(H,23,24,25)/b9-6+/t19-/m0/s1. The fourth-order valence-corrected chi connectivity index (χ4v) is 4.72. The number of amides is 1. The van der Waals surface area contributed by atoms with Crippen molar-refractivity contribution in [3.63, 3.8) is 0 Å². The van der Waals surface area contributed by atoms with Crippen molar-refractivity contribution in [3.8, 4) is 0 Å². The van der Waals surface area contributed by atoms with Gasteiger partial charge in [0.2, 0.25) is 5.91 Å². The predicted octanol–water partition coefficient (Wildman–Crippen LogP) is 2.89. The van der Waals surface area contributed by atoms with Gasteiger partial charge in [0.15, 0.2) is 6.04 Å². The van der Waals surface area contributed by atoms with Crippen LogP contribution in [0, 0.1) is 0 Å². The molecule has 3 aromatic rings. The summed E-state index contributed by atoms with van der Waals surface area (Å²) >= 11 is 1.52. The van der Waals surface area contributed by atoms with Crippen molar-refractivity contribution in [2.24, 2.45) is 0 Å². The lowest BCUT2D eigenvalue weighted by molar-refractivity contribution is -0.138. The number of carbonyl (C=O) groups excluding carboxylic acids is 1. The van der Waals surface area contributed by atoms with Crippen molar-refractivity contribution < 1.29 is 14.7 Å². The molecule has 160 valence electrons. The van der Waals surface area contributed by atoms with Gasteiger partial charge in [0.25, 0.3) is 0 Å². The van der Waals surface area contributed by atoms with Crippen molar-refractivity contribution in [2.75, 3.05) is 26.0 Å². The lowest BCUT2D eigenvalue weighted by atomic mass is 10.1. The highest BCUT2D eigenvalue weighted by Gasteiger charge is 2.29. The molecule has 1 aromatic carbocycles. The molecule has 0 aliphatic carbocycles. The summed E-state index contributed by atoms with van der Waals surface area (Å²) < 4.78 is 0. The van der Waals surface area contributed by atoms with Crippen molar-refractivity contribution in [1.82, 2.24) is 19.8 Å². The van der Waals surface area contributed by atoms with Gasteiger partial charge in [-0.3, -0.25) is 4.79 Å². The van der Waals surface area contributed by atoms with E-state index in [0.29, 0.717) is 31.0 Å². The summed E-state index contributed by atoms with van der Waals surface area (Å²) in [4.78, 5) is 38.8. The summed E-state index contributed by atoms with van der Waals surface area (Å²) in [6, 6.07) is 8.04. The molecule has 1 aliphatic heterocycles. The summed E-state index contributed by atoms with van der Waals surface area (Å²) in [5, 5.41) is 13.6. The van der Waals surface area contributed by atoms with Gasteiger partial charge in [-0.1, -0.05) is 36.4 Å². The SMILES string of the molecule is CN(C)C/C=C/C(=O)N1Cc2sc3ncnc(N[C@H](C(=O)O)c4ccccc4)c3c2C1. The molecule has 0 fully saturated rings. The molecule has 2 N–H and O–H groups in total. The van der Waals surface area contributed by atoms with Gasteiger partial charge in [0.05, 0.1) is 11.9 Å². The zero-order chi connectivity index (χ0) is 22.0. The minimum atomic E-state index is -0.993. The zero-order valence-corrected chi connectivity index (χ0v) is 18.1. The Balaban J connectivity index is 1.61. The van der Waals surface area contributed by atoms with E-state index in [1.54, 1.807) is 35.2 Å². The third-order valence-electron chi connectivity index (χ3n) is 5.06. The quantitative estimate of drug-likeness (QED) is 0.549. The van der Waals surface area contributed by atoms with Crippen LogP contribution in [0.15, 0.2) is 48.8 Å². The lowest BCUT2D eigenvalue weighted by Gasteiger charge is -2.17. The first-order valence-electron chi connectivity index (χ1n) is 9.83. The van der Waals surface area contributed by atoms with Crippen molar-refractivity contribution in [3.05, 3.63) is 64.8 Å². The molecule has 0 bridgehead atoms. The summed E-state index contributed by atoms with van der Waals surface area (Å²) in [5.74, 6) is -0.568. The van der Waals surface area contributed by atoms with Crippen LogP contribution in [0.1, 0.15) is 22.0 Å². The average Bonchev–Trinajstić information content (AvgIpc) is 3.30. The molecule has 0 saturated carbocycles. The summed E-state index contributed by atoms with van der Waals surface area (Å²) in [5.41, 5.74) is 1.62. The molecule has 1 aliphatic rings. The second kappa shape index (κ2) is 8.83. The first-order valence-corrected chi connectivity index (χ1v) is 10.7. The Morgan fingerprint density at radius 3 is 2.74 bits per heavy atom. The normalized spacial score (nSPS) is 14.4. The van der Waals surface area contributed by atoms with Gasteiger partial charge >= 0.3 is 5.97 Å². The van der Waals surface area contributed by atoms with Gasteiger partial charge in [0, 0.05) is 29.6 Å². The third-order valence-corrected chi connectivity index (χ3v) is 6.18. The van der Waals surface area contributed by atoms with E-state index in [1.165, 1.54) is 17.7 Å². The summed E-state index contributed by atoms with van der Waals surface area (Å²) in [7, 11) is 3.89. The first kappa shape index (κ1) is 21.0. The Morgan fingerprint density at radius 2 is 2.03 bits per heavy atom. The van der Waals surface area contributed by atoms with Crippen LogP contribution in [0.4, 0.5) is 5.82 Å². The molecule has 8 nitrogen and oxygen atoms in total. The van der Waals surface area contributed by atoms with Gasteiger partial charge in [0.1, 0.15) is 17.0 Å². The molecule has 1 atom stereocenters. The number of likely N-dealkylation sites (N-methyl/N-ethyl adjacent to an activating group) is 1. The number of benzene rings is 1. The van der Waals surface area contributed by atoms with Gasteiger partial charge < -0.3 is 20.2 Å². The molecular weight excluding hydrogens is 414 g/mol. The molecule has 2 aromatic heterocycles. The molecule has 0 unspecified atom stereocenters. The van der Waals surface area contributed by atoms with E-state index in [-0.39, 0.29) is 5.91 Å². The number of anilines is 1. The van der Waals surface area contributed by atoms with E-state index in [4.69, 9.17) is 0 Å². The maximum atomic E-state index is 12.6. The van der Waals surface area contributed by atoms with Crippen LogP contribution in [-0.2, 0) is 22.7 Å². The Bertz CT molecular complexity index is 1140. The Morgan fingerprint density at radius 1 is 1.26 bits per heavy atom. The van der Waals surface area contributed by atoms with Crippen molar-refractivity contribution >= 4 is 39.2 Å². The highest BCUT2D eigenvalue weighted by Crippen LogP contribution is 2.40. The molecule has 0 saturated heterocycles. The molecular formula is C22H23N5O3S. The van der Waals surface area contributed by atoms with Crippen LogP contribution in [0.3, 0.4) is 0 Å². The molecule has 3 heterocycles. The lowest BCUT2D eigenvalue weighted by Crippen LogP contribution is -2.24. The van der Waals surface area contributed by atoms with Crippen molar-refractivity contribution in [2.45, 2.75) is 19.1 Å². The Kier molecular flexibility index (Phi) is 5.97. The maximum absolute atomic E-state index is 12.6. The van der Waals surface area contributed by atoms with Crippen LogP contribution in [0.25, 0.3) is 10.2 Å². The molecule has 0 radical (unpaired) electrons. The van der Waals surface area contributed by atoms with E-state index in [9.17, 15) is 14.7 Å². The number of hydrogen-bond donors (Lipinski definition) is 2. The Hall–Kier alpha value is -3.30. The highest BCUT2D eigenvalue weighted by molar-refractivity contribution is 7.19. The zero-order valence-electron chi connectivity index (χ0n) is 17.3. The topological polar surface area (TPSA) is 98.7 Å². The fourth-order valence-electron chi connectivity index (χ4n) is 3.56. The number of thiophene rings is 1. The van der Waals surface area contributed by atoms with Crippen LogP contribution in [0.2, 0.25) is 0 Å². The maximum Gasteiger partial charge on any atom is 0.330 e. The third kappa shape index (κ3) is 4.42. The Labute approximate surface area is 183 Å². The van der Waals surface area contributed by atoms with Crippen LogP contribution in [-0.4, -0.2) is 57.4 Å². The number of rotatable bonds is 7. The number of hydrogen-bond acceptors (Lipinski definition) is 7. The van der Waals surface area contributed by atoms with Gasteiger partial charge in [-0.05, 0) is 19.7 Å². The van der Waals surface area contributed by atoms with E-state index < -0.39 is 12.0 Å². The number of aromatic nitrogens is 2. The second-order valence-electron chi connectivity index (χ2n) is 7.59. The largest absolute Gasteiger partial charge is 0.479 e. The highest BCUT2D eigenvalue weighted by atomic mass is 32.1. The molecule has 4 rings (SSSR count). The van der Waals surface area contributed by atoms with Crippen LogP contribution in [0.5, 0.6) is 0 Å². The van der Waals surface area contributed by atoms with Crippen LogP contribution >= 0.6 is 11.3 Å². The predicted molar refractivity (Wildman–Crippen MR) is 120 cm³/mol. The van der Waals surface area contributed by atoms with E-state index in [2.05, 4.69) is 15.3 Å². The molecule has 31 heavy (non-hydrogen) atoms. The first-order chi connectivity index (χ1) is 14.9. The number of carbonyl (C=O) groups is 2.